The summed E-state index contributed by atoms with van der Waals surface area (Å²) >= 11 is 0. The SMILES string of the molecule is CC(=O)N[C@@H](Cc1ccccc1)C(=O)C(C#N)=C(C)C. The zero-order valence-corrected chi connectivity index (χ0v) is 11.9. The van der Waals surface area contributed by atoms with Crippen LogP contribution in [0.25, 0.3) is 0 Å². The normalized spacial score (nSPS) is 11.1. The molecule has 4 nitrogen and oxygen atoms in total. The maximum absolute atomic E-state index is 12.4. The van der Waals surface area contributed by atoms with Crippen LogP contribution in [0.4, 0.5) is 0 Å². The molecule has 1 aromatic carbocycles. The lowest BCUT2D eigenvalue weighted by Gasteiger charge is -2.17. The van der Waals surface area contributed by atoms with Crippen molar-refractivity contribution in [2.24, 2.45) is 0 Å². The maximum Gasteiger partial charge on any atom is 0.217 e. The molecule has 0 heterocycles. The highest BCUT2D eigenvalue weighted by Crippen LogP contribution is 2.11. The summed E-state index contributed by atoms with van der Waals surface area (Å²) in [5.74, 6) is -0.628. The van der Waals surface area contributed by atoms with E-state index in [9.17, 15) is 9.59 Å². The Balaban J connectivity index is 3.02. The Bertz CT molecular complexity index is 564. The number of ketones is 1. The second kappa shape index (κ2) is 7.25. The molecule has 0 saturated heterocycles. The number of amides is 1. The van der Waals surface area contributed by atoms with E-state index in [1.165, 1.54) is 6.92 Å². The first-order valence-electron chi connectivity index (χ1n) is 6.38. The molecule has 0 unspecified atom stereocenters. The van der Waals surface area contributed by atoms with E-state index in [0.29, 0.717) is 12.0 Å². The third kappa shape index (κ3) is 4.36. The van der Waals surface area contributed by atoms with Crippen molar-refractivity contribution in [1.29, 1.82) is 5.26 Å². The van der Waals surface area contributed by atoms with E-state index in [-0.39, 0.29) is 17.3 Å². The molecule has 0 saturated carbocycles. The third-order valence-corrected chi connectivity index (χ3v) is 2.83. The molecule has 1 amide bonds. The Hall–Kier alpha value is -2.41. The first kappa shape index (κ1) is 15.6. The fourth-order valence-electron chi connectivity index (χ4n) is 1.89. The van der Waals surface area contributed by atoms with Crippen molar-refractivity contribution in [3.8, 4) is 6.07 Å². The summed E-state index contributed by atoms with van der Waals surface area (Å²) in [7, 11) is 0. The van der Waals surface area contributed by atoms with Crippen LogP contribution in [0.2, 0.25) is 0 Å². The number of hydrogen-bond donors (Lipinski definition) is 1. The minimum Gasteiger partial charge on any atom is -0.346 e. The average Bonchev–Trinajstić information content (AvgIpc) is 2.39. The molecule has 1 atom stereocenters. The van der Waals surface area contributed by atoms with E-state index in [2.05, 4.69) is 5.32 Å². The van der Waals surface area contributed by atoms with Crippen LogP contribution in [-0.2, 0) is 16.0 Å². The van der Waals surface area contributed by atoms with E-state index in [1.54, 1.807) is 13.8 Å². The van der Waals surface area contributed by atoms with Crippen molar-refractivity contribution in [2.45, 2.75) is 33.2 Å². The molecule has 0 fully saturated rings. The van der Waals surface area contributed by atoms with Gasteiger partial charge < -0.3 is 5.32 Å². The van der Waals surface area contributed by atoms with Gasteiger partial charge in [0.1, 0.15) is 6.07 Å². The Morgan fingerprint density at radius 3 is 2.25 bits per heavy atom. The number of hydrogen-bond acceptors (Lipinski definition) is 3. The van der Waals surface area contributed by atoms with Crippen LogP contribution >= 0.6 is 0 Å². The van der Waals surface area contributed by atoms with E-state index in [1.807, 2.05) is 36.4 Å². The molecule has 1 N–H and O–H groups in total. The van der Waals surface area contributed by atoms with Gasteiger partial charge in [-0.05, 0) is 19.4 Å². The van der Waals surface area contributed by atoms with Gasteiger partial charge in [-0.2, -0.15) is 5.26 Å². The van der Waals surface area contributed by atoms with Crippen LogP contribution in [0, 0.1) is 11.3 Å². The summed E-state index contributed by atoms with van der Waals surface area (Å²) in [5.41, 5.74) is 1.70. The molecule has 0 bridgehead atoms. The van der Waals surface area contributed by atoms with Gasteiger partial charge in [0.05, 0.1) is 11.6 Å². The summed E-state index contributed by atoms with van der Waals surface area (Å²) in [6, 6.07) is 10.6. The van der Waals surface area contributed by atoms with E-state index in [0.717, 1.165) is 5.56 Å². The number of carbonyl (C=O) groups is 2. The van der Waals surface area contributed by atoms with Gasteiger partial charge in [-0.1, -0.05) is 35.9 Å². The monoisotopic (exact) mass is 270 g/mol. The van der Waals surface area contributed by atoms with Crippen molar-refractivity contribution in [3.05, 3.63) is 47.0 Å². The Kier molecular flexibility index (Phi) is 5.67. The van der Waals surface area contributed by atoms with Gasteiger partial charge in [0.2, 0.25) is 5.91 Å². The highest BCUT2D eigenvalue weighted by Gasteiger charge is 2.24. The molecule has 0 spiro atoms. The number of nitriles is 1. The molecule has 0 radical (unpaired) electrons. The second-order valence-electron chi connectivity index (χ2n) is 4.79. The molecule has 20 heavy (non-hydrogen) atoms. The van der Waals surface area contributed by atoms with Crippen molar-refractivity contribution in [2.75, 3.05) is 0 Å². The molecule has 0 aliphatic carbocycles. The van der Waals surface area contributed by atoms with Gasteiger partial charge >= 0.3 is 0 Å². The molecular weight excluding hydrogens is 252 g/mol. The largest absolute Gasteiger partial charge is 0.346 e. The molecule has 1 aromatic rings. The van der Waals surface area contributed by atoms with Crippen LogP contribution in [0.1, 0.15) is 26.3 Å². The molecular formula is C16H18N2O2. The number of nitrogens with one attached hydrogen (secondary N) is 1. The van der Waals surface area contributed by atoms with Crippen LogP contribution in [0.3, 0.4) is 0 Å². The molecule has 1 rings (SSSR count). The fraction of sp³-hybridized carbons (Fsp3) is 0.312. The van der Waals surface area contributed by atoms with Gasteiger partial charge in [-0.25, -0.2) is 0 Å². The number of rotatable bonds is 5. The fourth-order valence-corrected chi connectivity index (χ4v) is 1.89. The standard InChI is InChI=1S/C16H18N2O2/c1-11(2)14(10-17)16(20)15(18-12(3)19)9-13-7-5-4-6-8-13/h4-8,15H,9H2,1-3H3,(H,18,19)/t15-/m0/s1. The number of Topliss-reactive ketones (excluding diaryl/α,β-unsaturated/α-hetero) is 1. The number of benzene rings is 1. The van der Waals surface area contributed by atoms with Gasteiger partial charge in [-0.3, -0.25) is 9.59 Å². The smallest absolute Gasteiger partial charge is 0.217 e. The van der Waals surface area contributed by atoms with Crippen molar-refractivity contribution in [1.82, 2.24) is 5.32 Å². The first-order chi connectivity index (χ1) is 9.45. The Morgan fingerprint density at radius 2 is 1.80 bits per heavy atom. The third-order valence-electron chi connectivity index (χ3n) is 2.83. The predicted octanol–water partition coefficient (Wildman–Crippen LogP) is 2.16. The molecule has 0 aromatic heterocycles. The lowest BCUT2D eigenvalue weighted by Crippen LogP contribution is -2.42. The molecule has 0 aliphatic heterocycles. The van der Waals surface area contributed by atoms with E-state index in [4.69, 9.17) is 5.26 Å². The van der Waals surface area contributed by atoms with Gasteiger partial charge in [0.25, 0.3) is 0 Å². The zero-order chi connectivity index (χ0) is 15.1. The summed E-state index contributed by atoms with van der Waals surface area (Å²) in [6.45, 7) is 4.79. The highest BCUT2D eigenvalue weighted by molar-refractivity contribution is 6.04. The lowest BCUT2D eigenvalue weighted by atomic mass is 9.96. The minimum atomic E-state index is -0.709. The topological polar surface area (TPSA) is 70.0 Å². The maximum atomic E-state index is 12.4. The number of allylic oxidation sites excluding steroid dienone is 1. The average molecular weight is 270 g/mol. The quantitative estimate of drug-likeness (QED) is 0.658. The van der Waals surface area contributed by atoms with Gasteiger partial charge in [0, 0.05) is 13.3 Å². The Labute approximate surface area is 119 Å². The molecule has 4 heteroatoms. The van der Waals surface area contributed by atoms with E-state index >= 15 is 0 Å². The van der Waals surface area contributed by atoms with Crippen LogP contribution in [-0.4, -0.2) is 17.7 Å². The molecule has 104 valence electrons. The number of carbonyl (C=O) groups excluding carboxylic acids is 2. The first-order valence-corrected chi connectivity index (χ1v) is 6.38. The second-order valence-corrected chi connectivity index (χ2v) is 4.79. The van der Waals surface area contributed by atoms with Crippen molar-refractivity contribution in [3.63, 3.8) is 0 Å². The lowest BCUT2D eigenvalue weighted by molar-refractivity contribution is -0.124. The van der Waals surface area contributed by atoms with Crippen molar-refractivity contribution >= 4 is 11.7 Å². The van der Waals surface area contributed by atoms with Crippen LogP contribution < -0.4 is 5.32 Å². The highest BCUT2D eigenvalue weighted by atomic mass is 16.2. The Morgan fingerprint density at radius 1 is 1.20 bits per heavy atom. The van der Waals surface area contributed by atoms with Gasteiger partial charge in [0.15, 0.2) is 5.78 Å². The number of nitrogens with zero attached hydrogens (tertiary/aromatic N) is 1. The van der Waals surface area contributed by atoms with Crippen LogP contribution in [0.5, 0.6) is 0 Å². The summed E-state index contributed by atoms with van der Waals surface area (Å²) in [5, 5.41) is 11.7. The predicted molar refractivity (Wildman–Crippen MR) is 76.7 cm³/mol. The zero-order valence-electron chi connectivity index (χ0n) is 11.9. The molecule has 0 aliphatic rings. The summed E-state index contributed by atoms with van der Waals surface area (Å²) in [6.07, 6.45) is 0.373. The summed E-state index contributed by atoms with van der Waals surface area (Å²) < 4.78 is 0. The van der Waals surface area contributed by atoms with Gasteiger partial charge in [-0.15, -0.1) is 0 Å². The van der Waals surface area contributed by atoms with Crippen LogP contribution in [0.15, 0.2) is 41.5 Å². The van der Waals surface area contributed by atoms with Crippen molar-refractivity contribution < 1.29 is 9.59 Å². The van der Waals surface area contributed by atoms with E-state index < -0.39 is 6.04 Å². The minimum absolute atomic E-state index is 0.111. The summed E-state index contributed by atoms with van der Waals surface area (Å²) in [4.78, 5) is 23.6.